The topological polar surface area (TPSA) is 400 Å². The molecule has 28 heteroatoms. The van der Waals surface area contributed by atoms with E-state index in [1.807, 2.05) is 55.4 Å². The van der Waals surface area contributed by atoms with E-state index in [1.165, 1.54) is 42.1 Å². The summed E-state index contributed by atoms with van der Waals surface area (Å²) in [6.07, 6.45) is 26.9. The Bertz CT molecular complexity index is 3090. The number of nitrogens with zero attached hydrogens (tertiary/aromatic N) is 6. The van der Waals surface area contributed by atoms with Gasteiger partial charge in [0.05, 0.1) is 18.4 Å². The molecule has 12 N–H and O–H groups in total. The summed E-state index contributed by atoms with van der Waals surface area (Å²) < 4.78 is 0. The smallest absolute Gasteiger partial charge is 0.326 e. The van der Waals surface area contributed by atoms with Gasteiger partial charge in [0, 0.05) is 56.0 Å². The monoisotopic (exact) mass is 1420 g/mol. The molecule has 2 aliphatic heterocycles. The van der Waals surface area contributed by atoms with Gasteiger partial charge in [-0.3, -0.25) is 53.1 Å². The van der Waals surface area contributed by atoms with E-state index in [2.05, 4.69) is 57.2 Å². The van der Waals surface area contributed by atoms with Gasteiger partial charge in [-0.25, -0.2) is 14.8 Å². The fourth-order valence-corrected chi connectivity index (χ4v) is 15.6. The first-order valence-corrected chi connectivity index (χ1v) is 36.7. The predicted octanol–water partition coefficient (Wildman–Crippen LogP) is 4.81. The lowest BCUT2D eigenvalue weighted by molar-refractivity contribution is -0.152. The first-order valence-electron chi connectivity index (χ1n) is 36.7. The molecular formula is C72H113ClN14O13. The van der Waals surface area contributed by atoms with Crippen LogP contribution in [0.5, 0.6) is 0 Å². The summed E-state index contributed by atoms with van der Waals surface area (Å²) in [5.74, 6) is -4.70. The number of rotatable bonds is 25. The molecule has 8 fully saturated rings. The quantitative estimate of drug-likeness (QED) is 0.0635. The number of aliphatic hydroxyl groups excluding tert-OH is 2. The minimum atomic E-state index is -1.40. The van der Waals surface area contributed by atoms with E-state index in [0.29, 0.717) is 32.4 Å². The van der Waals surface area contributed by atoms with E-state index in [-0.39, 0.29) is 95.0 Å². The fraction of sp³-hybridized carbons (Fsp3) is 0.750. The lowest BCUT2D eigenvalue weighted by Gasteiger charge is -2.38. The van der Waals surface area contributed by atoms with Crippen LogP contribution in [0.25, 0.3) is 0 Å². The molecule has 6 saturated carbocycles. The third-order valence-corrected chi connectivity index (χ3v) is 21.4. The highest BCUT2D eigenvalue weighted by Gasteiger charge is 2.54. The van der Waals surface area contributed by atoms with Crippen LogP contribution in [0.2, 0.25) is 0 Å². The van der Waals surface area contributed by atoms with E-state index < -0.39 is 107 Å². The molecule has 0 radical (unpaired) electrons. The number of carbonyl (C=O) groups is 10. The summed E-state index contributed by atoms with van der Waals surface area (Å²) in [4.78, 5) is 152. The maximum absolute atomic E-state index is 14.6. The first-order chi connectivity index (χ1) is 47.1. The number of likely N-dealkylation sites (tertiary alicyclic amines) is 2. The zero-order valence-electron chi connectivity index (χ0n) is 59.8. The number of carboxylic acids is 1. The van der Waals surface area contributed by atoms with Crippen molar-refractivity contribution in [2.45, 2.75) is 282 Å². The largest absolute Gasteiger partial charge is 0.480 e. The van der Waals surface area contributed by atoms with Crippen molar-refractivity contribution >= 4 is 71.5 Å². The Balaban J connectivity index is 0.000000242. The van der Waals surface area contributed by atoms with Crippen LogP contribution < -0.4 is 43.0 Å². The number of hydrogen-bond donors (Lipinski definition) is 11. The highest BCUT2D eigenvalue weighted by molar-refractivity contribution is 5.99. The number of nitrogens with one attached hydrogen (secondary N) is 7. The molecule has 2 saturated heterocycles. The van der Waals surface area contributed by atoms with Crippen LogP contribution in [0.15, 0.2) is 37.2 Å². The van der Waals surface area contributed by atoms with Gasteiger partial charge in [0.1, 0.15) is 53.7 Å². The van der Waals surface area contributed by atoms with Crippen molar-refractivity contribution in [3.8, 4) is 0 Å². The van der Waals surface area contributed by atoms with Gasteiger partial charge in [0.15, 0.2) is 6.10 Å². The van der Waals surface area contributed by atoms with Gasteiger partial charge in [0.25, 0.3) is 23.6 Å². The summed E-state index contributed by atoms with van der Waals surface area (Å²) in [6, 6.07) is -6.12. The van der Waals surface area contributed by atoms with Crippen LogP contribution in [0.4, 0.5) is 0 Å². The van der Waals surface area contributed by atoms with Crippen molar-refractivity contribution in [1.29, 1.82) is 0 Å². The molecule has 27 nitrogen and oxygen atoms in total. The Morgan fingerprint density at radius 3 is 1.30 bits per heavy atom. The Kier molecular flexibility index (Phi) is 29.5. The SMILES string of the molecule is CC(C)(C)[C@H](NC(=O)[C@@H](NC(=O)c1cnccn1)C1CCCCC1)C(=O)N1C[C@@H]2CCC[C@@H]2[C@H]1C(=O)O.CCC[C@H](N)[C@H](O)C(=O)NC1CC1.CCC[C@H](NC(=O)[C@@H]1[C@H]2CCC[C@H]2CN1C(=O)[C@@H](NC(=O)[C@@H](NC(=O)c1cnccn1)C1CCCCC1)C(C)(C)C)[C@H](O)C(=O)NC1CC1.Cl. The first kappa shape index (κ1) is 80.3. The molecule has 0 bridgehead atoms. The van der Waals surface area contributed by atoms with Gasteiger partial charge in [-0.1, -0.05) is 120 Å². The molecule has 6 aliphatic carbocycles. The maximum Gasteiger partial charge on any atom is 0.326 e. The molecule has 9 amide bonds. The molecule has 4 heterocycles. The average Bonchev–Trinajstić information content (AvgIpc) is 1.60. The average molecular weight is 1420 g/mol. The minimum Gasteiger partial charge on any atom is -0.480 e. The van der Waals surface area contributed by atoms with Gasteiger partial charge in [-0.2, -0.15) is 0 Å². The molecule has 10 rings (SSSR count). The molecule has 14 atom stereocenters. The normalized spacial score (nSPS) is 24.5. The van der Waals surface area contributed by atoms with Gasteiger partial charge in [-0.05, 0) is 136 Å². The number of nitrogens with two attached hydrogens (primary N) is 1. The standard InChI is InChI=1S/C36H55N7O6.C27H39N5O5.C9H18N2O2.ClH/c1-5-10-25(29(44)34(48)39-23-15-16-23)40-33(47)28-24-14-9-13-22(24)20-43(28)35(49)30(36(2,3)4)42-32(46)27(21-11-7-6-8-12-21)41-31(45)26-19-37-17-18-38-26;1-27(2,3)22(25(35)32-15-17-10-7-11-18(17)21(32)26(36)37)31-24(34)20(16-8-5-4-6-9-16)30-23(33)19-14-28-12-13-29-19;1-2-3-7(10)8(12)9(13)11-6-4-5-6;/h17-19,21-25,27-30,44H,5-16,20H2,1-4H3,(H,39,48)(H,40,47)(H,41,45)(H,42,46);12-14,16-18,20-22H,4-11,15H2,1-3H3,(H,30,33)(H,31,34)(H,36,37);6-8,12H,2-5,10H2,1H3,(H,11,13);1H/t22-,24-,25-,27-,28-,29-,30+;17-,18-,20-,21-,22+;7-,8-;/m000./s1. The van der Waals surface area contributed by atoms with Crippen molar-refractivity contribution in [1.82, 2.24) is 67.0 Å². The number of aliphatic hydroxyl groups is 2. The van der Waals surface area contributed by atoms with Gasteiger partial charge < -0.3 is 68.1 Å². The second-order valence-corrected chi connectivity index (χ2v) is 31.2. The lowest BCUT2D eigenvalue weighted by Crippen LogP contribution is -2.62. The third-order valence-electron chi connectivity index (χ3n) is 21.4. The Hall–Kier alpha value is -6.97. The Morgan fingerprint density at radius 1 is 0.510 bits per heavy atom. The molecule has 2 aromatic heterocycles. The zero-order valence-corrected chi connectivity index (χ0v) is 60.7. The van der Waals surface area contributed by atoms with Crippen molar-refractivity contribution in [3.05, 3.63) is 48.6 Å². The number of carbonyl (C=O) groups excluding carboxylic acids is 9. The third kappa shape index (κ3) is 21.6. The summed E-state index contributed by atoms with van der Waals surface area (Å²) in [5, 5.41) is 50.6. The highest BCUT2D eigenvalue weighted by atomic mass is 35.5. The van der Waals surface area contributed by atoms with Crippen LogP contribution in [0.1, 0.15) is 230 Å². The second-order valence-electron chi connectivity index (χ2n) is 31.2. The summed E-state index contributed by atoms with van der Waals surface area (Å²) in [5.41, 5.74) is 4.45. The van der Waals surface area contributed by atoms with Gasteiger partial charge in [0.2, 0.25) is 29.5 Å². The number of amides is 9. The van der Waals surface area contributed by atoms with Crippen molar-refractivity contribution < 1.29 is 63.3 Å². The van der Waals surface area contributed by atoms with Crippen LogP contribution in [0.3, 0.4) is 0 Å². The van der Waals surface area contributed by atoms with Crippen LogP contribution in [-0.4, -0.2) is 190 Å². The molecule has 0 unspecified atom stereocenters. The Labute approximate surface area is 595 Å². The number of carboxylic acid groups (broad SMARTS) is 1. The second kappa shape index (κ2) is 36.8. The molecule has 100 heavy (non-hydrogen) atoms. The van der Waals surface area contributed by atoms with Crippen molar-refractivity contribution in [2.24, 2.45) is 52.1 Å². The minimum absolute atomic E-state index is 0. The van der Waals surface area contributed by atoms with Gasteiger partial charge >= 0.3 is 5.97 Å². The highest BCUT2D eigenvalue weighted by Crippen LogP contribution is 2.45. The van der Waals surface area contributed by atoms with E-state index in [0.717, 1.165) is 135 Å². The molecular weight excluding hydrogens is 1300 g/mol. The number of fused-ring (bicyclic) bond motifs is 2. The van der Waals surface area contributed by atoms with Crippen LogP contribution >= 0.6 is 12.4 Å². The van der Waals surface area contributed by atoms with E-state index in [1.54, 1.807) is 4.90 Å². The van der Waals surface area contributed by atoms with E-state index in [9.17, 15) is 63.3 Å². The Morgan fingerprint density at radius 2 is 0.920 bits per heavy atom. The molecule has 0 aromatic carbocycles. The van der Waals surface area contributed by atoms with Crippen LogP contribution in [0, 0.1) is 46.3 Å². The van der Waals surface area contributed by atoms with Crippen molar-refractivity contribution in [2.75, 3.05) is 13.1 Å². The molecule has 556 valence electrons. The number of halogens is 1. The summed E-state index contributed by atoms with van der Waals surface area (Å²) in [7, 11) is 0. The maximum atomic E-state index is 14.6. The van der Waals surface area contributed by atoms with Crippen molar-refractivity contribution in [3.63, 3.8) is 0 Å². The van der Waals surface area contributed by atoms with Crippen LogP contribution in [-0.2, 0) is 38.4 Å². The molecule has 2 aromatic rings. The molecule has 0 spiro atoms. The summed E-state index contributed by atoms with van der Waals surface area (Å²) >= 11 is 0. The summed E-state index contributed by atoms with van der Waals surface area (Å²) in [6.45, 7) is 15.9. The lowest BCUT2D eigenvalue weighted by atomic mass is 9.82. The van der Waals surface area contributed by atoms with E-state index in [4.69, 9.17) is 5.73 Å². The number of aliphatic carboxylic acids is 1. The van der Waals surface area contributed by atoms with Gasteiger partial charge in [-0.15, -0.1) is 12.4 Å². The number of aromatic nitrogens is 4. The predicted molar refractivity (Wildman–Crippen MR) is 374 cm³/mol. The molecule has 8 aliphatic rings. The fourth-order valence-electron chi connectivity index (χ4n) is 15.6. The van der Waals surface area contributed by atoms with E-state index >= 15 is 0 Å². The number of hydrogen-bond acceptors (Lipinski definition) is 17. The zero-order chi connectivity index (χ0) is 71.9.